The average molecular weight is 654 g/mol. The standard InChI is InChI=1S/C32H24BrF4N3O3/c1-18-14-22(31(32(35,36)37)17-27(40-43-31)20-8-10-23(33)11-9-20)15-19(2)28(18)39-30(42)25-16-24(12-13-26(25)34)38-29(41)21-6-4-3-5-7-21/h3-16H,17H2,1-2H3,(H,38,41)(H,39,42). The molecule has 11 heteroatoms. The molecule has 0 aromatic heterocycles. The molecule has 0 fully saturated rings. The molecule has 4 aromatic carbocycles. The maximum absolute atomic E-state index is 14.7. The molecule has 43 heavy (non-hydrogen) atoms. The van der Waals surface area contributed by atoms with Gasteiger partial charge < -0.3 is 15.5 Å². The number of carbonyl (C=O) groups is 2. The second-order valence-electron chi connectivity index (χ2n) is 10.1. The van der Waals surface area contributed by atoms with Crippen molar-refractivity contribution in [2.45, 2.75) is 32.0 Å². The van der Waals surface area contributed by atoms with Crippen molar-refractivity contribution >= 4 is 44.8 Å². The molecule has 4 aromatic rings. The van der Waals surface area contributed by atoms with Gasteiger partial charge in [0.2, 0.25) is 0 Å². The molecular weight excluding hydrogens is 630 g/mol. The molecule has 1 aliphatic rings. The van der Waals surface area contributed by atoms with Crippen LogP contribution in [0.3, 0.4) is 0 Å². The van der Waals surface area contributed by atoms with E-state index in [9.17, 15) is 27.2 Å². The van der Waals surface area contributed by atoms with E-state index in [1.54, 1.807) is 54.6 Å². The topological polar surface area (TPSA) is 79.8 Å². The Balaban J connectivity index is 1.39. The maximum atomic E-state index is 14.7. The average Bonchev–Trinajstić information content (AvgIpc) is 3.44. The van der Waals surface area contributed by atoms with E-state index < -0.39 is 35.8 Å². The number of nitrogens with zero attached hydrogens (tertiary/aromatic N) is 1. The first kappa shape index (κ1) is 30.0. The summed E-state index contributed by atoms with van der Waals surface area (Å²) in [5.41, 5.74) is -1.22. The van der Waals surface area contributed by atoms with Crippen molar-refractivity contribution in [3.63, 3.8) is 0 Å². The van der Waals surface area contributed by atoms with Crippen LogP contribution in [0.25, 0.3) is 0 Å². The lowest BCUT2D eigenvalue weighted by Gasteiger charge is -2.30. The van der Waals surface area contributed by atoms with Crippen LogP contribution in [0, 0.1) is 19.7 Å². The molecule has 1 heterocycles. The summed E-state index contributed by atoms with van der Waals surface area (Å²) in [6.45, 7) is 3.07. The number of halogens is 5. The SMILES string of the molecule is Cc1cc(C2(C(F)(F)F)CC(c3ccc(Br)cc3)=NO2)cc(C)c1NC(=O)c1cc(NC(=O)c2ccccc2)ccc1F. The van der Waals surface area contributed by atoms with Gasteiger partial charge in [0.15, 0.2) is 0 Å². The molecule has 220 valence electrons. The normalized spacial score (nSPS) is 16.3. The number of hydrogen-bond acceptors (Lipinski definition) is 4. The van der Waals surface area contributed by atoms with Gasteiger partial charge in [-0.1, -0.05) is 51.4 Å². The third-order valence-electron chi connectivity index (χ3n) is 7.11. The lowest BCUT2D eigenvalue weighted by atomic mass is 9.84. The quantitative estimate of drug-likeness (QED) is 0.206. The van der Waals surface area contributed by atoms with Gasteiger partial charge in [-0.05, 0) is 85.1 Å². The molecule has 5 rings (SSSR count). The number of benzene rings is 4. The van der Waals surface area contributed by atoms with Gasteiger partial charge in [-0.15, -0.1) is 0 Å². The molecule has 0 bridgehead atoms. The molecule has 0 radical (unpaired) electrons. The summed E-state index contributed by atoms with van der Waals surface area (Å²) in [6, 6.07) is 21.2. The minimum Gasteiger partial charge on any atom is -0.374 e. The van der Waals surface area contributed by atoms with Crippen LogP contribution in [0.2, 0.25) is 0 Å². The van der Waals surface area contributed by atoms with Crippen LogP contribution in [0.15, 0.2) is 94.6 Å². The molecule has 1 unspecified atom stereocenters. The third-order valence-corrected chi connectivity index (χ3v) is 7.63. The summed E-state index contributed by atoms with van der Waals surface area (Å²) in [4.78, 5) is 30.8. The summed E-state index contributed by atoms with van der Waals surface area (Å²) in [5.74, 6) is -2.12. The molecule has 1 atom stereocenters. The van der Waals surface area contributed by atoms with Crippen molar-refractivity contribution in [1.29, 1.82) is 0 Å². The zero-order chi connectivity index (χ0) is 30.9. The van der Waals surface area contributed by atoms with Crippen molar-refractivity contribution in [1.82, 2.24) is 0 Å². The summed E-state index contributed by atoms with van der Waals surface area (Å²) < 4.78 is 59.2. The number of hydrogen-bond donors (Lipinski definition) is 2. The second-order valence-corrected chi connectivity index (χ2v) is 11.0. The smallest absolute Gasteiger partial charge is 0.374 e. The van der Waals surface area contributed by atoms with Gasteiger partial charge in [-0.3, -0.25) is 9.59 Å². The van der Waals surface area contributed by atoms with E-state index in [-0.39, 0.29) is 28.2 Å². The van der Waals surface area contributed by atoms with Crippen LogP contribution in [0.4, 0.5) is 28.9 Å². The Morgan fingerprint density at radius 3 is 2.16 bits per heavy atom. The van der Waals surface area contributed by atoms with Gasteiger partial charge in [0.05, 0.1) is 11.3 Å². The number of carbonyl (C=O) groups excluding carboxylic acids is 2. The van der Waals surface area contributed by atoms with Crippen molar-refractivity contribution in [2.24, 2.45) is 5.16 Å². The third kappa shape index (κ3) is 6.03. The summed E-state index contributed by atoms with van der Waals surface area (Å²) in [7, 11) is 0. The van der Waals surface area contributed by atoms with Gasteiger partial charge in [-0.2, -0.15) is 13.2 Å². The highest BCUT2D eigenvalue weighted by atomic mass is 79.9. The minimum atomic E-state index is -4.81. The molecule has 2 amide bonds. The van der Waals surface area contributed by atoms with Crippen molar-refractivity contribution in [3.8, 4) is 0 Å². The van der Waals surface area contributed by atoms with Crippen LogP contribution >= 0.6 is 15.9 Å². The van der Waals surface area contributed by atoms with Crippen LogP contribution < -0.4 is 10.6 Å². The summed E-state index contributed by atoms with van der Waals surface area (Å²) in [6.07, 6.45) is -5.36. The fraction of sp³-hybridized carbons (Fsp3) is 0.156. The number of rotatable bonds is 6. The first-order valence-electron chi connectivity index (χ1n) is 13.0. The lowest BCUT2D eigenvalue weighted by Crippen LogP contribution is -2.42. The monoisotopic (exact) mass is 653 g/mol. The van der Waals surface area contributed by atoms with Gasteiger partial charge in [0, 0.05) is 33.4 Å². The van der Waals surface area contributed by atoms with E-state index in [1.807, 2.05) is 0 Å². The van der Waals surface area contributed by atoms with Crippen molar-refractivity contribution in [2.75, 3.05) is 10.6 Å². The van der Waals surface area contributed by atoms with E-state index >= 15 is 0 Å². The van der Waals surface area contributed by atoms with Crippen molar-refractivity contribution in [3.05, 3.63) is 129 Å². The number of aryl methyl sites for hydroxylation is 2. The number of amides is 2. The Morgan fingerprint density at radius 2 is 1.53 bits per heavy atom. The van der Waals surface area contributed by atoms with Crippen molar-refractivity contribution < 1.29 is 32.0 Å². The zero-order valence-corrected chi connectivity index (χ0v) is 24.4. The highest BCUT2D eigenvalue weighted by Gasteiger charge is 2.62. The van der Waals surface area contributed by atoms with Crippen LogP contribution in [-0.4, -0.2) is 23.7 Å². The van der Waals surface area contributed by atoms with Gasteiger partial charge in [0.25, 0.3) is 17.4 Å². The molecule has 1 aliphatic heterocycles. The predicted molar refractivity (Wildman–Crippen MR) is 159 cm³/mol. The maximum Gasteiger partial charge on any atom is 0.435 e. The number of alkyl halides is 3. The second kappa shape index (κ2) is 11.6. The van der Waals surface area contributed by atoms with Crippen LogP contribution in [0.5, 0.6) is 0 Å². The Labute approximate surface area is 252 Å². The summed E-state index contributed by atoms with van der Waals surface area (Å²) in [5, 5.41) is 9.03. The Kier molecular flexibility index (Phi) is 8.11. The Hall–Kier alpha value is -4.51. The molecule has 0 aliphatic carbocycles. The highest BCUT2D eigenvalue weighted by molar-refractivity contribution is 9.10. The Morgan fingerprint density at radius 1 is 0.884 bits per heavy atom. The van der Waals surface area contributed by atoms with E-state index in [0.29, 0.717) is 22.3 Å². The zero-order valence-electron chi connectivity index (χ0n) is 22.9. The summed E-state index contributed by atoms with van der Waals surface area (Å²) >= 11 is 3.31. The molecule has 0 saturated carbocycles. The first-order chi connectivity index (χ1) is 20.4. The minimum absolute atomic E-state index is 0.146. The van der Waals surface area contributed by atoms with E-state index in [1.165, 1.54) is 38.1 Å². The Bertz CT molecular complexity index is 1720. The fourth-order valence-electron chi connectivity index (χ4n) is 4.85. The number of nitrogens with one attached hydrogen (secondary N) is 2. The molecule has 6 nitrogen and oxygen atoms in total. The first-order valence-corrected chi connectivity index (χ1v) is 13.8. The molecule has 0 spiro atoms. The van der Waals surface area contributed by atoms with Gasteiger partial charge in [0.1, 0.15) is 5.82 Å². The van der Waals surface area contributed by atoms with Crippen LogP contribution in [-0.2, 0) is 10.4 Å². The van der Waals surface area contributed by atoms with E-state index in [4.69, 9.17) is 4.84 Å². The molecule has 0 saturated heterocycles. The number of anilines is 2. The largest absolute Gasteiger partial charge is 0.435 e. The molecular formula is C32H24BrF4N3O3. The lowest BCUT2D eigenvalue weighted by molar-refractivity contribution is -0.275. The van der Waals surface area contributed by atoms with Gasteiger partial charge in [-0.25, -0.2) is 4.39 Å². The van der Waals surface area contributed by atoms with Gasteiger partial charge >= 0.3 is 6.18 Å². The van der Waals surface area contributed by atoms with E-state index in [0.717, 1.165) is 10.5 Å². The fourth-order valence-corrected chi connectivity index (χ4v) is 5.11. The predicted octanol–water partition coefficient (Wildman–Crippen LogP) is 8.29. The highest BCUT2D eigenvalue weighted by Crippen LogP contribution is 2.49. The van der Waals surface area contributed by atoms with Crippen LogP contribution in [0.1, 0.15) is 49.4 Å². The van der Waals surface area contributed by atoms with E-state index in [2.05, 4.69) is 31.7 Å². The number of oxime groups is 1. The molecule has 2 N–H and O–H groups in total.